The fraction of sp³-hybridized carbons (Fsp3) is 0.727. The largest absolute Gasteiger partial charge is 0.356 e. The second-order valence-electron chi connectivity index (χ2n) is 4.39. The van der Waals surface area contributed by atoms with E-state index in [0.717, 1.165) is 24.7 Å². The van der Waals surface area contributed by atoms with Crippen molar-refractivity contribution in [3.63, 3.8) is 0 Å². The van der Waals surface area contributed by atoms with Gasteiger partial charge in [0.1, 0.15) is 6.33 Å². The summed E-state index contributed by atoms with van der Waals surface area (Å²) in [6, 6.07) is 0. The highest BCUT2D eigenvalue weighted by molar-refractivity contribution is 5.79. The zero-order valence-corrected chi connectivity index (χ0v) is 11.1. The maximum atomic E-state index is 4.15. The molecule has 6 heteroatoms. The zero-order valence-electron chi connectivity index (χ0n) is 11.1. The molecule has 0 fully saturated rings. The van der Waals surface area contributed by atoms with Gasteiger partial charge >= 0.3 is 0 Å². The smallest absolute Gasteiger partial charge is 0.191 e. The van der Waals surface area contributed by atoms with E-state index in [0.29, 0.717) is 12.5 Å². The lowest BCUT2D eigenvalue weighted by molar-refractivity contribution is 0.572. The molecule has 0 unspecified atom stereocenters. The third-order valence-electron chi connectivity index (χ3n) is 2.46. The summed E-state index contributed by atoms with van der Waals surface area (Å²) in [5, 5.41) is 14.3. The van der Waals surface area contributed by atoms with Crippen molar-refractivity contribution < 1.29 is 0 Å². The second kappa shape index (κ2) is 6.88. The van der Waals surface area contributed by atoms with Gasteiger partial charge in [-0.1, -0.05) is 13.8 Å². The van der Waals surface area contributed by atoms with E-state index >= 15 is 0 Å². The van der Waals surface area contributed by atoms with Crippen LogP contribution >= 0.6 is 0 Å². The molecule has 0 atom stereocenters. The lowest BCUT2D eigenvalue weighted by Gasteiger charge is -2.12. The number of hydrogen-bond acceptors (Lipinski definition) is 3. The summed E-state index contributed by atoms with van der Waals surface area (Å²) in [4.78, 5) is 4.15. The summed E-state index contributed by atoms with van der Waals surface area (Å²) in [5.74, 6) is 2.38. The van der Waals surface area contributed by atoms with Gasteiger partial charge in [0.2, 0.25) is 0 Å². The first-order valence-corrected chi connectivity index (χ1v) is 5.91. The van der Waals surface area contributed by atoms with Gasteiger partial charge in [0.25, 0.3) is 0 Å². The van der Waals surface area contributed by atoms with Gasteiger partial charge in [-0.3, -0.25) is 4.99 Å². The Morgan fingerprint density at radius 1 is 1.47 bits per heavy atom. The quantitative estimate of drug-likeness (QED) is 0.580. The van der Waals surface area contributed by atoms with Gasteiger partial charge in [0.05, 0.1) is 6.54 Å². The maximum absolute atomic E-state index is 4.15. The van der Waals surface area contributed by atoms with Crippen molar-refractivity contribution in [3.05, 3.63) is 12.2 Å². The van der Waals surface area contributed by atoms with Gasteiger partial charge in [0, 0.05) is 20.6 Å². The van der Waals surface area contributed by atoms with Crippen LogP contribution in [0.25, 0.3) is 0 Å². The highest BCUT2D eigenvalue weighted by atomic mass is 15.3. The minimum atomic E-state index is 0.623. The van der Waals surface area contributed by atoms with Crippen LogP contribution < -0.4 is 10.6 Å². The molecule has 0 aliphatic heterocycles. The highest BCUT2D eigenvalue weighted by Gasteiger charge is 2.02. The Bertz CT molecular complexity index is 355. The van der Waals surface area contributed by atoms with Crippen LogP contribution in [0.4, 0.5) is 0 Å². The standard InChI is InChI=1S/C11H22N6/c1-9(2)5-6-13-11(12-3)14-7-10-16-15-8-17(10)4/h8-9H,5-7H2,1-4H3,(H2,12,13,14). The monoisotopic (exact) mass is 238 g/mol. The fourth-order valence-electron chi connectivity index (χ4n) is 1.33. The molecular formula is C11H22N6. The molecule has 0 radical (unpaired) electrons. The Morgan fingerprint density at radius 2 is 2.24 bits per heavy atom. The maximum Gasteiger partial charge on any atom is 0.191 e. The molecule has 1 rings (SSSR count). The predicted octanol–water partition coefficient (Wildman–Crippen LogP) is 0.526. The summed E-state index contributed by atoms with van der Waals surface area (Å²) in [5.41, 5.74) is 0. The Balaban J connectivity index is 2.31. The van der Waals surface area contributed by atoms with Crippen molar-refractivity contribution in [3.8, 4) is 0 Å². The van der Waals surface area contributed by atoms with Crippen molar-refractivity contribution in [2.45, 2.75) is 26.8 Å². The number of aryl methyl sites for hydroxylation is 1. The van der Waals surface area contributed by atoms with Crippen LogP contribution in [-0.4, -0.2) is 34.3 Å². The number of hydrogen-bond donors (Lipinski definition) is 2. The number of aliphatic imine (C=N–C) groups is 1. The van der Waals surface area contributed by atoms with E-state index in [1.807, 2.05) is 11.6 Å². The van der Waals surface area contributed by atoms with Crippen LogP contribution in [0.15, 0.2) is 11.3 Å². The Hall–Kier alpha value is -1.59. The molecule has 0 aliphatic carbocycles. The van der Waals surface area contributed by atoms with Crippen molar-refractivity contribution >= 4 is 5.96 Å². The highest BCUT2D eigenvalue weighted by Crippen LogP contribution is 1.96. The molecule has 0 saturated carbocycles. The zero-order chi connectivity index (χ0) is 12.7. The molecule has 1 heterocycles. The number of rotatable bonds is 5. The van der Waals surface area contributed by atoms with E-state index < -0.39 is 0 Å². The SMILES string of the molecule is CN=C(NCCC(C)C)NCc1nncn1C. The van der Waals surface area contributed by atoms with Crippen LogP contribution in [0.1, 0.15) is 26.1 Å². The van der Waals surface area contributed by atoms with Crippen molar-refractivity contribution in [2.24, 2.45) is 18.0 Å². The van der Waals surface area contributed by atoms with Crippen molar-refractivity contribution in [1.29, 1.82) is 0 Å². The normalized spacial score (nSPS) is 11.9. The Morgan fingerprint density at radius 3 is 2.76 bits per heavy atom. The number of guanidine groups is 1. The molecule has 0 saturated heterocycles. The first kappa shape index (κ1) is 13.5. The minimum absolute atomic E-state index is 0.623. The molecule has 0 spiro atoms. The van der Waals surface area contributed by atoms with Crippen molar-refractivity contribution in [1.82, 2.24) is 25.4 Å². The Labute approximate surface area is 103 Å². The van der Waals surface area contributed by atoms with Crippen LogP contribution in [0.3, 0.4) is 0 Å². The molecule has 0 bridgehead atoms. The topological polar surface area (TPSA) is 67.1 Å². The molecule has 0 aliphatic rings. The van der Waals surface area contributed by atoms with Gasteiger partial charge in [-0.05, 0) is 12.3 Å². The van der Waals surface area contributed by atoms with E-state index in [-0.39, 0.29) is 0 Å². The average molecular weight is 238 g/mol. The van der Waals surface area contributed by atoms with E-state index in [4.69, 9.17) is 0 Å². The third kappa shape index (κ3) is 4.84. The number of nitrogens with zero attached hydrogens (tertiary/aromatic N) is 4. The minimum Gasteiger partial charge on any atom is -0.356 e. The van der Waals surface area contributed by atoms with Crippen molar-refractivity contribution in [2.75, 3.05) is 13.6 Å². The molecule has 6 nitrogen and oxygen atoms in total. The van der Waals surface area contributed by atoms with E-state index in [1.165, 1.54) is 0 Å². The van der Waals surface area contributed by atoms with E-state index in [1.54, 1.807) is 13.4 Å². The third-order valence-corrected chi connectivity index (χ3v) is 2.46. The van der Waals surface area contributed by atoms with Crippen LogP contribution in [-0.2, 0) is 13.6 Å². The molecule has 1 aromatic rings. The van der Waals surface area contributed by atoms with Gasteiger partial charge in [-0.2, -0.15) is 0 Å². The van der Waals surface area contributed by atoms with Crippen LogP contribution in [0.5, 0.6) is 0 Å². The lowest BCUT2D eigenvalue weighted by Crippen LogP contribution is -2.38. The number of aromatic nitrogens is 3. The lowest BCUT2D eigenvalue weighted by atomic mass is 10.1. The number of nitrogens with one attached hydrogen (secondary N) is 2. The molecule has 96 valence electrons. The van der Waals surface area contributed by atoms with E-state index in [2.05, 4.69) is 39.7 Å². The molecule has 0 aromatic carbocycles. The fourth-order valence-corrected chi connectivity index (χ4v) is 1.33. The van der Waals surface area contributed by atoms with Gasteiger partial charge < -0.3 is 15.2 Å². The predicted molar refractivity (Wildman–Crippen MR) is 68.7 cm³/mol. The summed E-state index contributed by atoms with van der Waals surface area (Å²) >= 11 is 0. The summed E-state index contributed by atoms with van der Waals surface area (Å²) in [6.07, 6.45) is 2.82. The molecule has 1 aromatic heterocycles. The van der Waals surface area contributed by atoms with Gasteiger partial charge in [-0.15, -0.1) is 10.2 Å². The summed E-state index contributed by atoms with van der Waals surface area (Å²) in [6.45, 7) is 5.96. The first-order chi connectivity index (χ1) is 8.13. The van der Waals surface area contributed by atoms with Crippen LogP contribution in [0, 0.1) is 5.92 Å². The van der Waals surface area contributed by atoms with Crippen LogP contribution in [0.2, 0.25) is 0 Å². The first-order valence-electron chi connectivity index (χ1n) is 5.91. The summed E-state index contributed by atoms with van der Waals surface area (Å²) in [7, 11) is 3.69. The van der Waals surface area contributed by atoms with Gasteiger partial charge in [0.15, 0.2) is 11.8 Å². The second-order valence-corrected chi connectivity index (χ2v) is 4.39. The Kier molecular flexibility index (Phi) is 5.45. The van der Waals surface area contributed by atoms with Gasteiger partial charge in [-0.25, -0.2) is 0 Å². The average Bonchev–Trinajstić information content (AvgIpc) is 2.68. The molecular weight excluding hydrogens is 216 g/mol. The molecule has 17 heavy (non-hydrogen) atoms. The van der Waals surface area contributed by atoms with E-state index in [9.17, 15) is 0 Å². The molecule has 0 amide bonds. The molecule has 2 N–H and O–H groups in total. The summed E-state index contributed by atoms with van der Waals surface area (Å²) < 4.78 is 1.88.